The Labute approximate surface area is 148 Å². The lowest BCUT2D eigenvalue weighted by atomic mass is 10.1. The van der Waals surface area contributed by atoms with Gasteiger partial charge < -0.3 is 10.4 Å². The van der Waals surface area contributed by atoms with Crippen molar-refractivity contribution >= 4 is 5.91 Å². The molecule has 1 aromatic heterocycles. The van der Waals surface area contributed by atoms with Crippen LogP contribution in [0.5, 0.6) is 0 Å². The van der Waals surface area contributed by atoms with Crippen LogP contribution in [0, 0.1) is 13.8 Å². The smallest absolute Gasteiger partial charge is 0.224 e. The van der Waals surface area contributed by atoms with E-state index in [0.29, 0.717) is 25.9 Å². The molecule has 6 nitrogen and oxygen atoms in total. The third kappa shape index (κ3) is 4.46. The number of aliphatic hydroxyl groups excluding tert-OH is 1. The number of likely N-dealkylation sites (tertiary alicyclic amines) is 1. The summed E-state index contributed by atoms with van der Waals surface area (Å²) >= 11 is 0. The third-order valence-corrected chi connectivity index (χ3v) is 4.89. The second-order valence-corrected chi connectivity index (χ2v) is 6.85. The van der Waals surface area contributed by atoms with Crippen LogP contribution in [0.1, 0.15) is 28.9 Å². The number of aliphatic hydroxyl groups is 1. The molecule has 3 N–H and O–H groups in total. The molecule has 1 aromatic carbocycles. The van der Waals surface area contributed by atoms with Gasteiger partial charge in [0.15, 0.2) is 0 Å². The number of aromatic nitrogens is 2. The molecule has 0 saturated carbocycles. The summed E-state index contributed by atoms with van der Waals surface area (Å²) in [5.41, 5.74) is 3.99. The first-order valence-corrected chi connectivity index (χ1v) is 8.76. The first-order valence-electron chi connectivity index (χ1n) is 8.76. The number of carbonyl (C=O) groups is 1. The number of amides is 1. The minimum absolute atomic E-state index is 0.00588. The quantitative estimate of drug-likeness (QED) is 0.740. The summed E-state index contributed by atoms with van der Waals surface area (Å²) in [6.45, 7) is 5.82. The molecular weight excluding hydrogens is 316 g/mol. The summed E-state index contributed by atoms with van der Waals surface area (Å²) in [5.74, 6) is -0.00588. The molecule has 3 rings (SSSR count). The predicted molar refractivity (Wildman–Crippen MR) is 96.0 cm³/mol. The molecule has 1 aliphatic rings. The van der Waals surface area contributed by atoms with E-state index in [1.165, 1.54) is 5.56 Å². The summed E-state index contributed by atoms with van der Waals surface area (Å²) in [7, 11) is 0. The van der Waals surface area contributed by atoms with Gasteiger partial charge in [-0.25, -0.2) is 0 Å². The van der Waals surface area contributed by atoms with E-state index in [1.807, 2.05) is 32.0 Å². The Kier molecular flexibility index (Phi) is 5.50. The van der Waals surface area contributed by atoms with Gasteiger partial charge in [-0.1, -0.05) is 30.3 Å². The van der Waals surface area contributed by atoms with Gasteiger partial charge in [-0.2, -0.15) is 5.10 Å². The lowest BCUT2D eigenvalue weighted by Gasteiger charge is -2.24. The standard InChI is InChI=1S/C19H26N4O2/c1-13-18(14(2)22-21-13)9-19(25)20-10-16-8-17(24)12-23(16)11-15-6-4-3-5-7-15/h3-7,16-17,24H,8-12H2,1-2H3,(H,20,25)(H,21,22)/t16-,17+/m0/s1. The molecule has 2 aromatic rings. The molecule has 6 heteroatoms. The van der Waals surface area contributed by atoms with E-state index in [4.69, 9.17) is 0 Å². The summed E-state index contributed by atoms with van der Waals surface area (Å²) in [6.07, 6.45) is 0.697. The Morgan fingerprint density at radius 3 is 2.80 bits per heavy atom. The molecule has 25 heavy (non-hydrogen) atoms. The lowest BCUT2D eigenvalue weighted by molar-refractivity contribution is -0.120. The van der Waals surface area contributed by atoms with E-state index in [2.05, 4.69) is 32.5 Å². The van der Waals surface area contributed by atoms with Crippen molar-refractivity contribution in [2.45, 2.75) is 45.4 Å². The van der Waals surface area contributed by atoms with Gasteiger partial charge >= 0.3 is 0 Å². The summed E-state index contributed by atoms with van der Waals surface area (Å²) in [6, 6.07) is 10.4. The van der Waals surface area contributed by atoms with Crippen molar-refractivity contribution in [3.05, 3.63) is 52.8 Å². The Bertz CT molecular complexity index is 694. The highest BCUT2D eigenvalue weighted by Crippen LogP contribution is 2.20. The number of rotatable bonds is 6. The van der Waals surface area contributed by atoms with E-state index in [-0.39, 0.29) is 18.1 Å². The zero-order valence-electron chi connectivity index (χ0n) is 14.8. The lowest BCUT2D eigenvalue weighted by Crippen LogP contribution is -2.40. The molecule has 1 amide bonds. The normalized spacial score (nSPS) is 20.8. The molecular formula is C19H26N4O2. The average Bonchev–Trinajstić information content (AvgIpc) is 3.10. The fourth-order valence-corrected chi connectivity index (χ4v) is 3.47. The Morgan fingerprint density at radius 2 is 2.12 bits per heavy atom. The van der Waals surface area contributed by atoms with Gasteiger partial charge in [0.25, 0.3) is 0 Å². The van der Waals surface area contributed by atoms with Crippen molar-refractivity contribution in [1.29, 1.82) is 0 Å². The third-order valence-electron chi connectivity index (χ3n) is 4.89. The number of H-pyrrole nitrogens is 1. The van der Waals surface area contributed by atoms with Crippen molar-refractivity contribution < 1.29 is 9.90 Å². The number of aromatic amines is 1. The van der Waals surface area contributed by atoms with E-state index >= 15 is 0 Å². The fourth-order valence-electron chi connectivity index (χ4n) is 3.47. The SMILES string of the molecule is Cc1n[nH]c(C)c1CC(=O)NC[C@@H]1C[C@@H](O)CN1Cc1ccccc1. The van der Waals surface area contributed by atoms with Crippen LogP contribution >= 0.6 is 0 Å². The summed E-state index contributed by atoms with van der Waals surface area (Å²) < 4.78 is 0. The number of β-amino-alcohol motifs (C(OH)–C–C–N with tert-alkyl or cyclic N) is 1. The highest BCUT2D eigenvalue weighted by molar-refractivity contribution is 5.79. The zero-order chi connectivity index (χ0) is 17.8. The van der Waals surface area contributed by atoms with Crippen LogP contribution < -0.4 is 5.32 Å². The van der Waals surface area contributed by atoms with Crippen LogP contribution in [0.3, 0.4) is 0 Å². The van der Waals surface area contributed by atoms with Crippen LogP contribution in [0.25, 0.3) is 0 Å². The maximum absolute atomic E-state index is 12.3. The number of hydrogen-bond acceptors (Lipinski definition) is 4. The Balaban J connectivity index is 1.54. The first kappa shape index (κ1) is 17.6. The molecule has 2 heterocycles. The second kappa shape index (κ2) is 7.80. The molecule has 0 bridgehead atoms. The Morgan fingerprint density at radius 1 is 1.36 bits per heavy atom. The largest absolute Gasteiger partial charge is 0.392 e. The van der Waals surface area contributed by atoms with Crippen LogP contribution in [0.15, 0.2) is 30.3 Å². The van der Waals surface area contributed by atoms with Crippen LogP contribution in [0.4, 0.5) is 0 Å². The van der Waals surface area contributed by atoms with Crippen LogP contribution in [-0.2, 0) is 17.8 Å². The number of aryl methyl sites for hydroxylation is 2. The number of nitrogens with one attached hydrogen (secondary N) is 2. The van der Waals surface area contributed by atoms with Gasteiger partial charge in [-0.3, -0.25) is 14.8 Å². The zero-order valence-corrected chi connectivity index (χ0v) is 14.8. The van der Waals surface area contributed by atoms with Crippen molar-refractivity contribution in [3.63, 3.8) is 0 Å². The van der Waals surface area contributed by atoms with Gasteiger partial charge in [0.05, 0.1) is 18.2 Å². The maximum Gasteiger partial charge on any atom is 0.224 e. The summed E-state index contributed by atoms with van der Waals surface area (Å²) in [4.78, 5) is 14.5. The molecule has 2 atom stereocenters. The monoisotopic (exact) mass is 342 g/mol. The van der Waals surface area contributed by atoms with E-state index in [1.54, 1.807) is 0 Å². The summed E-state index contributed by atoms with van der Waals surface area (Å²) in [5, 5.41) is 20.1. The molecule has 1 aliphatic heterocycles. The molecule has 0 spiro atoms. The number of carbonyl (C=O) groups excluding carboxylic acids is 1. The van der Waals surface area contributed by atoms with Crippen molar-refractivity contribution in [2.24, 2.45) is 0 Å². The molecule has 1 saturated heterocycles. The minimum atomic E-state index is -0.330. The first-order chi connectivity index (χ1) is 12.0. The van der Waals surface area contributed by atoms with Crippen LogP contribution in [-0.4, -0.2) is 51.3 Å². The highest BCUT2D eigenvalue weighted by atomic mass is 16.3. The molecule has 0 aliphatic carbocycles. The highest BCUT2D eigenvalue weighted by Gasteiger charge is 2.31. The van der Waals surface area contributed by atoms with Gasteiger partial charge in [-0.15, -0.1) is 0 Å². The predicted octanol–water partition coefficient (Wildman–Crippen LogP) is 1.32. The number of hydrogen-bond donors (Lipinski definition) is 3. The van der Waals surface area contributed by atoms with E-state index < -0.39 is 0 Å². The number of benzene rings is 1. The molecule has 0 radical (unpaired) electrons. The van der Waals surface area contributed by atoms with Gasteiger partial charge in [0.2, 0.25) is 5.91 Å². The number of nitrogens with zero attached hydrogens (tertiary/aromatic N) is 2. The Hall–Kier alpha value is -2.18. The fraction of sp³-hybridized carbons (Fsp3) is 0.474. The molecule has 1 fully saturated rings. The maximum atomic E-state index is 12.3. The topological polar surface area (TPSA) is 81.2 Å². The van der Waals surface area contributed by atoms with Crippen molar-refractivity contribution in [2.75, 3.05) is 13.1 Å². The van der Waals surface area contributed by atoms with Crippen LogP contribution in [0.2, 0.25) is 0 Å². The average molecular weight is 342 g/mol. The van der Waals surface area contributed by atoms with E-state index in [9.17, 15) is 9.90 Å². The van der Waals surface area contributed by atoms with Gasteiger partial charge in [0.1, 0.15) is 0 Å². The molecule has 0 unspecified atom stereocenters. The van der Waals surface area contributed by atoms with Crippen molar-refractivity contribution in [1.82, 2.24) is 20.4 Å². The minimum Gasteiger partial charge on any atom is -0.392 e. The second-order valence-electron chi connectivity index (χ2n) is 6.85. The van der Waals surface area contributed by atoms with Gasteiger partial charge in [0, 0.05) is 36.9 Å². The van der Waals surface area contributed by atoms with Gasteiger partial charge in [-0.05, 0) is 25.8 Å². The molecule has 134 valence electrons. The van der Waals surface area contributed by atoms with Crippen molar-refractivity contribution in [3.8, 4) is 0 Å². The van der Waals surface area contributed by atoms with E-state index in [0.717, 1.165) is 23.5 Å².